The van der Waals surface area contributed by atoms with Crippen molar-refractivity contribution < 1.29 is 0 Å². The summed E-state index contributed by atoms with van der Waals surface area (Å²) in [5.41, 5.74) is 8.23. The van der Waals surface area contributed by atoms with Crippen LogP contribution in [0.25, 0.3) is 5.69 Å². The molecular weight excluding hydrogens is 250 g/mol. The van der Waals surface area contributed by atoms with E-state index in [1.165, 1.54) is 0 Å². The number of aryl methyl sites for hydroxylation is 1. The maximum absolute atomic E-state index is 6.45. The number of hydrogen-bond acceptors (Lipinski definition) is 4. The molecule has 2 N–H and O–H groups in total. The predicted octanol–water partition coefficient (Wildman–Crippen LogP) is 2.72. The highest BCUT2D eigenvalue weighted by Gasteiger charge is 2.36. The number of rotatable bonds is 2. The smallest absolute Gasteiger partial charge is 0.176 e. The first-order chi connectivity index (χ1) is 9.71. The minimum absolute atomic E-state index is 0.369. The molecule has 2 aromatic rings. The van der Waals surface area contributed by atoms with Gasteiger partial charge in [0.2, 0.25) is 0 Å². The Morgan fingerprint density at radius 3 is 2.45 bits per heavy atom. The summed E-state index contributed by atoms with van der Waals surface area (Å²) in [4.78, 5) is 0. The molecule has 1 fully saturated rings. The average molecular weight is 273 g/mol. The van der Waals surface area contributed by atoms with Gasteiger partial charge in [0.15, 0.2) is 5.82 Å². The summed E-state index contributed by atoms with van der Waals surface area (Å²) in [7, 11) is 0. The zero-order chi connectivity index (χ0) is 14.6. The van der Waals surface area contributed by atoms with E-state index in [0.29, 0.717) is 0 Å². The van der Waals surface area contributed by atoms with Crippen molar-refractivity contribution in [3.63, 3.8) is 0 Å². The molecule has 1 aliphatic rings. The van der Waals surface area contributed by atoms with Crippen molar-refractivity contribution in [3.8, 4) is 5.69 Å². The number of aromatic nitrogens is 4. The van der Waals surface area contributed by atoms with Crippen LogP contribution < -0.4 is 5.73 Å². The molecule has 0 radical (unpaired) electrons. The molecule has 0 atom stereocenters. The second-order valence-electron chi connectivity index (χ2n) is 5.06. The molecule has 5 heteroatoms. The molecule has 3 rings (SSSR count). The van der Waals surface area contributed by atoms with Crippen LogP contribution in [0.4, 0.5) is 0 Å². The monoisotopic (exact) mass is 273 g/mol. The second-order valence-corrected chi connectivity index (χ2v) is 5.06. The van der Waals surface area contributed by atoms with Crippen LogP contribution in [0.5, 0.6) is 0 Å². The van der Waals surface area contributed by atoms with Gasteiger partial charge in [-0.1, -0.05) is 44.9 Å². The summed E-state index contributed by atoms with van der Waals surface area (Å²) in [5.74, 6) is 0.786. The SMILES string of the molecule is CC.Cc1ccccc1-n1nnnc1C1(N)CCCC1. The van der Waals surface area contributed by atoms with Crippen LogP contribution in [0.3, 0.4) is 0 Å². The van der Waals surface area contributed by atoms with Gasteiger partial charge < -0.3 is 5.73 Å². The highest BCUT2D eigenvalue weighted by molar-refractivity contribution is 5.40. The first-order valence-electron chi connectivity index (χ1n) is 7.34. The van der Waals surface area contributed by atoms with E-state index < -0.39 is 0 Å². The Morgan fingerprint density at radius 1 is 1.15 bits per heavy atom. The zero-order valence-electron chi connectivity index (χ0n) is 12.5. The van der Waals surface area contributed by atoms with Gasteiger partial charge in [-0.25, -0.2) is 0 Å². The van der Waals surface area contributed by atoms with Crippen LogP contribution >= 0.6 is 0 Å². The van der Waals surface area contributed by atoms with Crippen LogP contribution in [-0.4, -0.2) is 20.2 Å². The summed E-state index contributed by atoms with van der Waals surface area (Å²) in [5, 5.41) is 12.1. The van der Waals surface area contributed by atoms with Gasteiger partial charge >= 0.3 is 0 Å². The van der Waals surface area contributed by atoms with E-state index in [-0.39, 0.29) is 5.54 Å². The van der Waals surface area contributed by atoms with Crippen molar-refractivity contribution >= 4 is 0 Å². The van der Waals surface area contributed by atoms with E-state index >= 15 is 0 Å². The van der Waals surface area contributed by atoms with Crippen LogP contribution in [0.1, 0.15) is 50.9 Å². The summed E-state index contributed by atoms with van der Waals surface area (Å²) >= 11 is 0. The van der Waals surface area contributed by atoms with Crippen molar-refractivity contribution in [3.05, 3.63) is 35.7 Å². The van der Waals surface area contributed by atoms with E-state index in [1.807, 2.05) is 32.0 Å². The third kappa shape index (κ3) is 2.58. The summed E-state index contributed by atoms with van der Waals surface area (Å²) in [6.45, 7) is 6.05. The molecule has 20 heavy (non-hydrogen) atoms. The molecule has 1 saturated carbocycles. The highest BCUT2D eigenvalue weighted by Crippen LogP contribution is 2.35. The Morgan fingerprint density at radius 2 is 1.80 bits per heavy atom. The van der Waals surface area contributed by atoms with Crippen LogP contribution in [0.2, 0.25) is 0 Å². The van der Waals surface area contributed by atoms with E-state index in [1.54, 1.807) is 4.68 Å². The molecule has 1 aliphatic carbocycles. The van der Waals surface area contributed by atoms with Crippen molar-refractivity contribution in [1.82, 2.24) is 20.2 Å². The molecule has 0 amide bonds. The number of tetrazole rings is 1. The normalized spacial score (nSPS) is 16.6. The van der Waals surface area contributed by atoms with Gasteiger partial charge in [0.1, 0.15) is 0 Å². The standard InChI is InChI=1S/C13H17N5.C2H6/c1-10-6-2-3-7-11(10)18-12(15-16-17-18)13(14)8-4-5-9-13;1-2/h2-3,6-7H,4-5,8-9,14H2,1H3;1-2H3. The van der Waals surface area contributed by atoms with Crippen molar-refractivity contribution in [2.75, 3.05) is 0 Å². The first kappa shape index (κ1) is 14.7. The first-order valence-corrected chi connectivity index (χ1v) is 7.34. The largest absolute Gasteiger partial charge is 0.319 e. The molecule has 5 nitrogen and oxygen atoms in total. The Bertz CT molecular complexity index is 555. The minimum Gasteiger partial charge on any atom is -0.319 e. The highest BCUT2D eigenvalue weighted by atomic mass is 15.5. The number of para-hydroxylation sites is 1. The molecule has 1 heterocycles. The molecule has 1 aromatic carbocycles. The average Bonchev–Trinajstić information content (AvgIpc) is 3.11. The molecule has 0 bridgehead atoms. The number of benzene rings is 1. The van der Waals surface area contributed by atoms with Gasteiger partial charge in [0, 0.05) is 0 Å². The second kappa shape index (κ2) is 6.13. The van der Waals surface area contributed by atoms with Crippen LogP contribution in [0, 0.1) is 6.92 Å². The van der Waals surface area contributed by atoms with E-state index in [4.69, 9.17) is 5.73 Å². The van der Waals surface area contributed by atoms with E-state index in [9.17, 15) is 0 Å². The molecular formula is C15H23N5. The minimum atomic E-state index is -0.369. The number of nitrogens with zero attached hydrogens (tertiary/aromatic N) is 4. The van der Waals surface area contributed by atoms with Gasteiger partial charge in [-0.2, -0.15) is 4.68 Å². The lowest BCUT2D eigenvalue weighted by atomic mass is 9.98. The Kier molecular flexibility index (Phi) is 4.49. The summed E-state index contributed by atoms with van der Waals surface area (Å²) < 4.78 is 1.79. The number of nitrogens with two attached hydrogens (primary N) is 1. The topological polar surface area (TPSA) is 69.6 Å². The van der Waals surface area contributed by atoms with Crippen molar-refractivity contribution in [2.24, 2.45) is 5.73 Å². The lowest BCUT2D eigenvalue weighted by molar-refractivity contribution is 0.420. The van der Waals surface area contributed by atoms with E-state index in [0.717, 1.165) is 42.8 Å². The summed E-state index contributed by atoms with van der Waals surface area (Å²) in [6.07, 6.45) is 4.22. The fraction of sp³-hybridized carbons (Fsp3) is 0.533. The lowest BCUT2D eigenvalue weighted by Crippen LogP contribution is -2.36. The Balaban J connectivity index is 0.000000704. The van der Waals surface area contributed by atoms with Gasteiger partial charge in [-0.15, -0.1) is 5.10 Å². The zero-order valence-corrected chi connectivity index (χ0v) is 12.5. The number of hydrogen-bond donors (Lipinski definition) is 1. The Labute approximate surface area is 120 Å². The van der Waals surface area contributed by atoms with E-state index in [2.05, 4.69) is 28.5 Å². The van der Waals surface area contributed by atoms with Crippen molar-refractivity contribution in [1.29, 1.82) is 0 Å². The molecule has 108 valence electrons. The third-order valence-corrected chi connectivity index (χ3v) is 3.75. The van der Waals surface area contributed by atoms with Gasteiger partial charge in [-0.3, -0.25) is 0 Å². The lowest BCUT2D eigenvalue weighted by Gasteiger charge is -2.22. The van der Waals surface area contributed by atoms with Gasteiger partial charge in [-0.05, 0) is 41.8 Å². The van der Waals surface area contributed by atoms with Crippen LogP contribution in [0.15, 0.2) is 24.3 Å². The third-order valence-electron chi connectivity index (χ3n) is 3.75. The molecule has 1 aromatic heterocycles. The van der Waals surface area contributed by atoms with Crippen molar-refractivity contribution in [2.45, 2.75) is 52.0 Å². The molecule has 0 saturated heterocycles. The quantitative estimate of drug-likeness (QED) is 0.913. The summed E-state index contributed by atoms with van der Waals surface area (Å²) in [6, 6.07) is 8.08. The molecule has 0 aliphatic heterocycles. The van der Waals surface area contributed by atoms with Gasteiger partial charge in [0.05, 0.1) is 11.2 Å². The predicted molar refractivity (Wildman–Crippen MR) is 79.6 cm³/mol. The van der Waals surface area contributed by atoms with Gasteiger partial charge in [0.25, 0.3) is 0 Å². The maximum atomic E-state index is 6.45. The Hall–Kier alpha value is -1.75. The fourth-order valence-corrected chi connectivity index (χ4v) is 2.69. The molecule has 0 spiro atoms. The van der Waals surface area contributed by atoms with Crippen LogP contribution in [-0.2, 0) is 5.54 Å². The maximum Gasteiger partial charge on any atom is 0.176 e. The molecule has 0 unspecified atom stereocenters. The fourth-order valence-electron chi connectivity index (χ4n) is 2.69.